The molecule has 3 heteroatoms. The number of halogens is 1. The highest BCUT2D eigenvalue weighted by Crippen LogP contribution is 2.25. The van der Waals surface area contributed by atoms with Gasteiger partial charge in [0.25, 0.3) is 0 Å². The lowest BCUT2D eigenvalue weighted by Crippen LogP contribution is -2.08. The van der Waals surface area contributed by atoms with Gasteiger partial charge in [0.2, 0.25) is 0 Å². The van der Waals surface area contributed by atoms with Crippen LogP contribution >= 0.6 is 0 Å². The molecule has 2 aromatic rings. The summed E-state index contributed by atoms with van der Waals surface area (Å²) in [5.74, 6) is 0. The fourth-order valence-electron chi connectivity index (χ4n) is 2.61. The van der Waals surface area contributed by atoms with Crippen molar-refractivity contribution >= 4 is 17.7 Å². The zero-order valence-corrected chi connectivity index (χ0v) is 15.4. The van der Waals surface area contributed by atoms with Crippen LogP contribution in [0.1, 0.15) is 36.1 Å². The van der Waals surface area contributed by atoms with Crippen molar-refractivity contribution in [3.8, 4) is 6.07 Å². The van der Waals surface area contributed by atoms with Crippen LogP contribution < -0.4 is 5.32 Å². The SMILES string of the molecule is C=C/C(=C(/C#N)NC)c1cccc(/C=C/c2ccc(C(C)(C)F)cc2)c1. The Kier molecular flexibility index (Phi) is 6.14. The zero-order valence-electron chi connectivity index (χ0n) is 15.4. The maximum absolute atomic E-state index is 13.9. The summed E-state index contributed by atoms with van der Waals surface area (Å²) in [7, 11) is 1.72. The minimum absolute atomic E-state index is 0.477. The second-order valence-corrected chi connectivity index (χ2v) is 6.41. The molecule has 2 aromatic carbocycles. The molecule has 2 rings (SSSR count). The van der Waals surface area contributed by atoms with Gasteiger partial charge < -0.3 is 5.32 Å². The number of hydrogen-bond donors (Lipinski definition) is 1. The number of allylic oxidation sites excluding steroid dienone is 3. The van der Waals surface area contributed by atoms with Gasteiger partial charge in [-0.25, -0.2) is 4.39 Å². The molecule has 0 bridgehead atoms. The van der Waals surface area contributed by atoms with Crippen molar-refractivity contribution in [2.45, 2.75) is 19.5 Å². The molecule has 0 heterocycles. The summed E-state index contributed by atoms with van der Waals surface area (Å²) in [5.41, 5.74) is 3.48. The third-order valence-corrected chi connectivity index (χ3v) is 4.10. The van der Waals surface area contributed by atoms with Gasteiger partial charge in [-0.15, -0.1) is 0 Å². The lowest BCUT2D eigenvalue weighted by molar-refractivity contribution is 0.221. The zero-order chi connectivity index (χ0) is 19.2. The van der Waals surface area contributed by atoms with Crippen LogP contribution in [0.15, 0.2) is 66.9 Å². The molecule has 26 heavy (non-hydrogen) atoms. The predicted octanol–water partition coefficient (Wildman–Crippen LogP) is 5.70. The van der Waals surface area contributed by atoms with Gasteiger partial charge >= 0.3 is 0 Å². The Morgan fingerprint density at radius 1 is 1.12 bits per heavy atom. The van der Waals surface area contributed by atoms with Crippen LogP contribution in [-0.4, -0.2) is 7.05 Å². The molecule has 0 saturated carbocycles. The van der Waals surface area contributed by atoms with Crippen molar-refractivity contribution < 1.29 is 4.39 Å². The lowest BCUT2D eigenvalue weighted by Gasteiger charge is -2.14. The first-order valence-corrected chi connectivity index (χ1v) is 8.41. The van der Waals surface area contributed by atoms with Crippen LogP contribution in [0, 0.1) is 11.3 Å². The number of nitrogens with one attached hydrogen (secondary N) is 1. The summed E-state index contributed by atoms with van der Waals surface area (Å²) >= 11 is 0. The van der Waals surface area contributed by atoms with Gasteiger partial charge in [-0.1, -0.05) is 67.3 Å². The molecule has 132 valence electrons. The van der Waals surface area contributed by atoms with Gasteiger partial charge in [0, 0.05) is 12.6 Å². The molecule has 0 aliphatic carbocycles. The number of benzene rings is 2. The molecule has 0 unspecified atom stereocenters. The van der Waals surface area contributed by atoms with Gasteiger partial charge in [0.15, 0.2) is 0 Å². The molecule has 0 aliphatic rings. The second kappa shape index (κ2) is 8.31. The van der Waals surface area contributed by atoms with Crippen LogP contribution in [0.4, 0.5) is 4.39 Å². The average Bonchev–Trinajstić information content (AvgIpc) is 2.64. The Balaban J connectivity index is 2.29. The van der Waals surface area contributed by atoms with Crippen molar-refractivity contribution in [3.63, 3.8) is 0 Å². The van der Waals surface area contributed by atoms with E-state index in [4.69, 9.17) is 0 Å². The largest absolute Gasteiger partial charge is 0.379 e. The first-order valence-electron chi connectivity index (χ1n) is 8.41. The summed E-state index contributed by atoms with van der Waals surface area (Å²) in [4.78, 5) is 0. The van der Waals surface area contributed by atoms with E-state index < -0.39 is 5.67 Å². The normalized spacial score (nSPS) is 12.4. The maximum atomic E-state index is 13.9. The van der Waals surface area contributed by atoms with Crippen LogP contribution in [0.5, 0.6) is 0 Å². The van der Waals surface area contributed by atoms with Gasteiger partial charge in [0.05, 0.1) is 0 Å². The molecule has 0 saturated heterocycles. The smallest absolute Gasteiger partial charge is 0.130 e. The number of rotatable bonds is 6. The predicted molar refractivity (Wildman–Crippen MR) is 108 cm³/mol. The summed E-state index contributed by atoms with van der Waals surface area (Å²) in [5, 5.41) is 12.1. The Bertz CT molecular complexity index is 876. The number of alkyl halides is 1. The maximum Gasteiger partial charge on any atom is 0.130 e. The fraction of sp³-hybridized carbons (Fsp3) is 0.174. The molecule has 2 nitrogen and oxygen atoms in total. The third-order valence-electron chi connectivity index (χ3n) is 4.10. The minimum Gasteiger partial charge on any atom is -0.379 e. The molecule has 0 spiro atoms. The Labute approximate surface area is 155 Å². The van der Waals surface area contributed by atoms with E-state index in [9.17, 15) is 9.65 Å². The molecule has 0 amide bonds. The molecule has 0 aromatic heterocycles. The van der Waals surface area contributed by atoms with Crippen molar-refractivity contribution in [1.29, 1.82) is 5.26 Å². The Hall–Kier alpha value is -3.12. The van der Waals surface area contributed by atoms with Gasteiger partial charge in [-0.2, -0.15) is 5.26 Å². The molecule has 1 N–H and O–H groups in total. The van der Waals surface area contributed by atoms with Crippen LogP contribution in [0.2, 0.25) is 0 Å². The van der Waals surface area contributed by atoms with Crippen LogP contribution in [-0.2, 0) is 5.67 Å². The first kappa shape index (κ1) is 19.2. The standard InChI is InChI=1S/C23H23FN2/c1-5-21(22(16-25)26-4)19-8-6-7-18(15-19)10-9-17-11-13-20(14-12-17)23(2,3)24/h5-15,26H,1H2,2-4H3/b10-9+,22-21+. The fourth-order valence-corrected chi connectivity index (χ4v) is 2.61. The van der Waals surface area contributed by atoms with E-state index in [2.05, 4.69) is 18.0 Å². The molecule has 0 radical (unpaired) electrons. The van der Waals surface area contributed by atoms with Crippen molar-refractivity contribution in [3.05, 3.63) is 89.1 Å². The average molecular weight is 346 g/mol. The number of nitriles is 1. The molecule has 0 atom stereocenters. The van der Waals surface area contributed by atoms with Gasteiger partial charge in [0.1, 0.15) is 17.4 Å². The van der Waals surface area contributed by atoms with Crippen LogP contribution in [0.25, 0.3) is 17.7 Å². The highest BCUT2D eigenvalue weighted by Gasteiger charge is 2.17. The van der Waals surface area contributed by atoms with Crippen molar-refractivity contribution in [2.24, 2.45) is 0 Å². The lowest BCUT2D eigenvalue weighted by atomic mass is 9.98. The topological polar surface area (TPSA) is 35.8 Å². The highest BCUT2D eigenvalue weighted by molar-refractivity contribution is 5.80. The summed E-state index contributed by atoms with van der Waals surface area (Å²) in [6.07, 6.45) is 5.65. The van der Waals surface area contributed by atoms with Gasteiger partial charge in [-0.05, 0) is 42.2 Å². The Morgan fingerprint density at radius 2 is 1.77 bits per heavy atom. The van der Waals surface area contributed by atoms with E-state index in [-0.39, 0.29) is 0 Å². The second-order valence-electron chi connectivity index (χ2n) is 6.41. The third kappa shape index (κ3) is 4.70. The number of hydrogen-bond acceptors (Lipinski definition) is 2. The molecular weight excluding hydrogens is 323 g/mol. The minimum atomic E-state index is -1.34. The van der Waals surface area contributed by atoms with E-state index in [1.807, 2.05) is 48.6 Å². The Morgan fingerprint density at radius 3 is 2.31 bits per heavy atom. The first-order chi connectivity index (χ1) is 12.4. The number of nitrogens with zero attached hydrogens (tertiary/aromatic N) is 1. The van der Waals surface area contributed by atoms with E-state index in [1.165, 1.54) is 0 Å². The van der Waals surface area contributed by atoms with Crippen molar-refractivity contribution in [1.82, 2.24) is 5.32 Å². The van der Waals surface area contributed by atoms with E-state index in [1.54, 1.807) is 39.1 Å². The monoisotopic (exact) mass is 346 g/mol. The van der Waals surface area contributed by atoms with Crippen molar-refractivity contribution in [2.75, 3.05) is 7.05 Å². The molecule has 0 fully saturated rings. The van der Waals surface area contributed by atoms with Gasteiger partial charge in [-0.3, -0.25) is 0 Å². The van der Waals surface area contributed by atoms with Crippen LogP contribution in [0.3, 0.4) is 0 Å². The summed E-state index contributed by atoms with van der Waals surface area (Å²) in [6.45, 7) is 6.91. The van der Waals surface area contributed by atoms with E-state index in [0.717, 1.165) is 22.3 Å². The molecular formula is C23H23FN2. The van der Waals surface area contributed by atoms with E-state index in [0.29, 0.717) is 11.3 Å². The summed E-state index contributed by atoms with van der Waals surface area (Å²) < 4.78 is 13.9. The quantitative estimate of drug-likeness (QED) is 0.413. The summed E-state index contributed by atoms with van der Waals surface area (Å²) in [6, 6.07) is 17.4. The molecule has 0 aliphatic heterocycles. The highest BCUT2D eigenvalue weighted by atomic mass is 19.1. The van der Waals surface area contributed by atoms with E-state index >= 15 is 0 Å².